The zero-order valence-corrected chi connectivity index (χ0v) is 19.7. The van der Waals surface area contributed by atoms with Crippen LogP contribution in [0.3, 0.4) is 0 Å². The number of sulfonamides is 1. The van der Waals surface area contributed by atoms with Crippen molar-refractivity contribution in [1.82, 2.24) is 4.31 Å². The quantitative estimate of drug-likeness (QED) is 0.332. The molecule has 0 N–H and O–H groups in total. The standard InChI is InChI=1S/C21H16FIN2O4S2/c22-15-5-3-14(4-6-15)13-24(31(28,29)20-2-1-11-30-20)18-12-19(26)25(21(18)27)17-9-7-16(23)8-10-17/h1-11,18H,12-13H2. The number of rotatable bonds is 6. The molecular formula is C21H16FIN2O4S2. The Morgan fingerprint density at radius 3 is 2.35 bits per heavy atom. The van der Waals surface area contributed by atoms with E-state index >= 15 is 0 Å². The highest BCUT2D eigenvalue weighted by atomic mass is 127. The van der Waals surface area contributed by atoms with Crippen LogP contribution in [0.5, 0.6) is 0 Å². The second-order valence-electron chi connectivity index (χ2n) is 6.87. The van der Waals surface area contributed by atoms with E-state index in [0.29, 0.717) is 11.3 Å². The molecule has 2 amide bonds. The first-order valence-electron chi connectivity index (χ1n) is 9.19. The van der Waals surface area contributed by atoms with E-state index < -0.39 is 33.7 Å². The summed E-state index contributed by atoms with van der Waals surface area (Å²) in [5.41, 5.74) is 0.905. The number of hydrogen-bond donors (Lipinski definition) is 0. The predicted octanol–water partition coefficient (Wildman–Crippen LogP) is 4.01. The minimum atomic E-state index is -4.06. The molecule has 10 heteroatoms. The van der Waals surface area contributed by atoms with E-state index in [9.17, 15) is 22.4 Å². The number of carbonyl (C=O) groups is 2. The van der Waals surface area contributed by atoms with Gasteiger partial charge in [-0.05, 0) is 76.0 Å². The zero-order chi connectivity index (χ0) is 22.2. The van der Waals surface area contributed by atoms with E-state index in [1.165, 1.54) is 30.3 Å². The largest absolute Gasteiger partial charge is 0.274 e. The van der Waals surface area contributed by atoms with Gasteiger partial charge in [-0.3, -0.25) is 9.59 Å². The molecule has 1 aliphatic rings. The van der Waals surface area contributed by atoms with E-state index in [-0.39, 0.29) is 17.2 Å². The van der Waals surface area contributed by atoms with Crippen LogP contribution in [0.15, 0.2) is 70.3 Å². The van der Waals surface area contributed by atoms with Crippen molar-refractivity contribution in [3.8, 4) is 0 Å². The van der Waals surface area contributed by atoms with E-state index in [1.807, 2.05) is 0 Å². The summed E-state index contributed by atoms with van der Waals surface area (Å²) in [4.78, 5) is 27.0. The van der Waals surface area contributed by atoms with Gasteiger partial charge >= 0.3 is 0 Å². The maximum absolute atomic E-state index is 13.4. The molecule has 0 spiro atoms. The number of hydrogen-bond acceptors (Lipinski definition) is 5. The first-order valence-corrected chi connectivity index (χ1v) is 12.6. The topological polar surface area (TPSA) is 74.8 Å². The molecule has 0 aliphatic carbocycles. The summed E-state index contributed by atoms with van der Waals surface area (Å²) in [5.74, 6) is -1.52. The highest BCUT2D eigenvalue weighted by Gasteiger charge is 2.47. The van der Waals surface area contributed by atoms with Crippen molar-refractivity contribution in [2.75, 3.05) is 4.90 Å². The predicted molar refractivity (Wildman–Crippen MR) is 124 cm³/mol. The van der Waals surface area contributed by atoms with Crippen LogP contribution in [0.25, 0.3) is 0 Å². The summed E-state index contributed by atoms with van der Waals surface area (Å²) in [6.07, 6.45) is -0.267. The third kappa shape index (κ3) is 4.43. The number of anilines is 1. The van der Waals surface area contributed by atoms with Crippen LogP contribution in [0.4, 0.5) is 10.1 Å². The molecule has 6 nitrogen and oxygen atoms in total. The molecule has 2 aromatic carbocycles. The second-order valence-corrected chi connectivity index (χ2v) is 11.2. The molecule has 1 saturated heterocycles. The third-order valence-electron chi connectivity index (χ3n) is 4.86. The third-order valence-corrected chi connectivity index (χ3v) is 8.81. The van der Waals surface area contributed by atoms with Gasteiger partial charge in [0.25, 0.3) is 15.9 Å². The maximum Gasteiger partial charge on any atom is 0.253 e. The summed E-state index contributed by atoms with van der Waals surface area (Å²) < 4.78 is 42.1. The fraction of sp³-hybridized carbons (Fsp3) is 0.143. The van der Waals surface area contributed by atoms with Crippen molar-refractivity contribution in [1.29, 1.82) is 0 Å². The van der Waals surface area contributed by atoms with E-state index in [4.69, 9.17) is 0 Å². The van der Waals surface area contributed by atoms with E-state index in [0.717, 1.165) is 24.1 Å². The normalized spacial score (nSPS) is 17.0. The van der Waals surface area contributed by atoms with Crippen molar-refractivity contribution in [3.63, 3.8) is 0 Å². The van der Waals surface area contributed by atoms with Gasteiger partial charge < -0.3 is 0 Å². The highest BCUT2D eigenvalue weighted by Crippen LogP contribution is 2.32. The van der Waals surface area contributed by atoms with Gasteiger partial charge in [0.15, 0.2) is 0 Å². The number of carbonyl (C=O) groups excluding carboxylic acids is 2. The fourth-order valence-corrected chi connectivity index (χ4v) is 6.41. The number of amides is 2. The Kier molecular flexibility index (Phi) is 6.24. The summed E-state index contributed by atoms with van der Waals surface area (Å²) >= 11 is 3.15. The summed E-state index contributed by atoms with van der Waals surface area (Å²) in [5, 5.41) is 1.63. The van der Waals surface area contributed by atoms with Crippen molar-refractivity contribution in [2.45, 2.75) is 23.2 Å². The van der Waals surface area contributed by atoms with Gasteiger partial charge in [-0.2, -0.15) is 4.31 Å². The summed E-state index contributed by atoms with van der Waals surface area (Å²) in [7, 11) is -4.06. The van der Waals surface area contributed by atoms with Gasteiger partial charge in [0, 0.05) is 10.1 Å². The highest BCUT2D eigenvalue weighted by molar-refractivity contribution is 14.1. The van der Waals surface area contributed by atoms with Crippen LogP contribution in [0, 0.1) is 9.39 Å². The Morgan fingerprint density at radius 1 is 1.06 bits per heavy atom. The molecule has 2 heterocycles. The van der Waals surface area contributed by atoms with Gasteiger partial charge in [0.2, 0.25) is 5.91 Å². The van der Waals surface area contributed by atoms with Crippen molar-refractivity contribution in [3.05, 3.63) is 81.0 Å². The zero-order valence-electron chi connectivity index (χ0n) is 15.9. The minimum absolute atomic E-state index is 0.0718. The lowest BCUT2D eigenvalue weighted by atomic mass is 10.2. The van der Waals surface area contributed by atoms with Gasteiger partial charge in [-0.15, -0.1) is 11.3 Å². The SMILES string of the molecule is O=C1CC(N(Cc2ccc(F)cc2)S(=O)(=O)c2cccs2)C(=O)N1c1ccc(I)cc1. The Balaban J connectivity index is 1.72. The molecular weight excluding hydrogens is 554 g/mol. The van der Waals surface area contributed by atoms with Crippen LogP contribution in [-0.4, -0.2) is 30.6 Å². The number of thiophene rings is 1. The number of imide groups is 1. The number of benzene rings is 2. The van der Waals surface area contributed by atoms with Gasteiger partial charge in [0.05, 0.1) is 12.1 Å². The fourth-order valence-electron chi connectivity index (χ4n) is 3.36. The lowest BCUT2D eigenvalue weighted by molar-refractivity contribution is -0.122. The molecule has 4 rings (SSSR count). The molecule has 1 aliphatic heterocycles. The van der Waals surface area contributed by atoms with Crippen LogP contribution >= 0.6 is 33.9 Å². The Morgan fingerprint density at radius 2 is 1.74 bits per heavy atom. The molecule has 160 valence electrons. The minimum Gasteiger partial charge on any atom is -0.274 e. The van der Waals surface area contributed by atoms with E-state index in [2.05, 4.69) is 22.6 Å². The average molecular weight is 570 g/mol. The number of halogens is 2. The van der Waals surface area contributed by atoms with E-state index in [1.54, 1.807) is 35.7 Å². The molecule has 31 heavy (non-hydrogen) atoms. The first-order chi connectivity index (χ1) is 14.8. The Hall–Kier alpha value is -2.15. The first kappa shape index (κ1) is 22.1. The molecule has 1 fully saturated rings. The Bertz CT molecular complexity index is 1210. The number of nitrogens with zero attached hydrogens (tertiary/aromatic N) is 2. The monoisotopic (exact) mass is 570 g/mol. The summed E-state index contributed by atoms with van der Waals surface area (Å²) in [6, 6.07) is 14.1. The molecule has 1 atom stereocenters. The van der Waals surface area contributed by atoms with Crippen molar-refractivity contribution >= 4 is 61.5 Å². The smallest absolute Gasteiger partial charge is 0.253 e. The average Bonchev–Trinajstić information content (AvgIpc) is 3.37. The van der Waals surface area contributed by atoms with Crippen LogP contribution < -0.4 is 4.90 Å². The molecule has 0 bridgehead atoms. The molecule has 0 saturated carbocycles. The van der Waals surface area contributed by atoms with Crippen LogP contribution in [0.2, 0.25) is 0 Å². The maximum atomic E-state index is 13.4. The molecule has 0 radical (unpaired) electrons. The van der Waals surface area contributed by atoms with Gasteiger partial charge in [0.1, 0.15) is 16.1 Å². The molecule has 1 aromatic heterocycles. The summed E-state index contributed by atoms with van der Waals surface area (Å²) in [6.45, 7) is -0.162. The lowest BCUT2D eigenvalue weighted by Crippen LogP contribution is -2.44. The second kappa shape index (κ2) is 8.77. The van der Waals surface area contributed by atoms with Gasteiger partial charge in [-0.25, -0.2) is 17.7 Å². The lowest BCUT2D eigenvalue weighted by Gasteiger charge is -2.26. The molecule has 1 unspecified atom stereocenters. The van der Waals surface area contributed by atoms with Crippen molar-refractivity contribution < 1.29 is 22.4 Å². The van der Waals surface area contributed by atoms with Crippen LogP contribution in [0.1, 0.15) is 12.0 Å². The Labute approximate surface area is 196 Å². The molecule has 3 aromatic rings. The van der Waals surface area contributed by atoms with Gasteiger partial charge in [-0.1, -0.05) is 18.2 Å². The van der Waals surface area contributed by atoms with Crippen molar-refractivity contribution in [2.24, 2.45) is 0 Å². The van der Waals surface area contributed by atoms with Crippen LogP contribution in [-0.2, 0) is 26.2 Å².